The van der Waals surface area contributed by atoms with E-state index in [0.29, 0.717) is 47.9 Å². The minimum Gasteiger partial charge on any atom is -0.396 e. The number of hydrogen-bond donors (Lipinski definition) is 4. The van der Waals surface area contributed by atoms with Crippen molar-refractivity contribution in [2.45, 2.75) is 102 Å². The minimum absolute atomic E-state index is 0.00274. The molecule has 2 aliphatic carbocycles. The molecule has 6 fully saturated rings. The van der Waals surface area contributed by atoms with Crippen LogP contribution in [-0.4, -0.2) is 119 Å². The highest BCUT2D eigenvalue weighted by Crippen LogP contribution is 2.50. The number of ether oxygens (including phenoxy) is 2. The third-order valence-corrected chi connectivity index (χ3v) is 15.8. The first kappa shape index (κ1) is 45.2. The molecule has 14 nitrogen and oxygen atoms in total. The van der Waals surface area contributed by atoms with Gasteiger partial charge < -0.3 is 39.5 Å². The summed E-state index contributed by atoms with van der Waals surface area (Å²) < 4.78 is 14.8. The molecule has 8 heterocycles. The molecule has 0 spiro atoms. The van der Waals surface area contributed by atoms with Crippen molar-refractivity contribution in [1.29, 1.82) is 0 Å². The van der Waals surface area contributed by atoms with Gasteiger partial charge in [-0.15, -0.1) is 0 Å². The van der Waals surface area contributed by atoms with E-state index in [1.165, 1.54) is 25.7 Å². The van der Waals surface area contributed by atoms with Gasteiger partial charge in [-0.1, -0.05) is 24.3 Å². The Balaban J connectivity index is 0.000000162. The number of nitrogens with one attached hydrogen (secondary N) is 2. The third-order valence-electron chi connectivity index (χ3n) is 15.8. The molecule has 2 saturated carbocycles. The van der Waals surface area contributed by atoms with E-state index >= 15 is 0 Å². The van der Waals surface area contributed by atoms with Gasteiger partial charge in [-0.25, -0.2) is 0 Å². The maximum atomic E-state index is 13.4. The smallest absolute Gasteiger partial charge is 0.258 e. The first-order chi connectivity index (χ1) is 31.2. The fourth-order valence-corrected chi connectivity index (χ4v) is 12.0. The molecule has 4 saturated heterocycles. The van der Waals surface area contributed by atoms with Crippen LogP contribution in [0.25, 0.3) is 12.2 Å². The number of hydrogen-bond acceptors (Lipinski definition) is 10. The van der Waals surface area contributed by atoms with E-state index < -0.39 is 0 Å². The Morgan fingerprint density at radius 2 is 1.00 bits per heavy atom. The summed E-state index contributed by atoms with van der Waals surface area (Å²) in [6.45, 7) is 11.1. The Labute approximate surface area is 377 Å². The number of carbonyl (C=O) groups excluding carboxylic acids is 2. The Bertz CT molecular complexity index is 2010. The molecule has 2 amide bonds. The normalized spacial score (nSPS) is 30.6. The van der Waals surface area contributed by atoms with Gasteiger partial charge in [0.25, 0.3) is 11.1 Å². The van der Waals surface area contributed by atoms with Gasteiger partial charge in [-0.3, -0.25) is 29.0 Å². The van der Waals surface area contributed by atoms with Crippen molar-refractivity contribution < 1.29 is 29.3 Å². The molecule has 0 radical (unpaired) electrons. The number of allylic oxidation sites excluding steroid dienone is 2. The molecule has 10 rings (SSSR count). The van der Waals surface area contributed by atoms with Crippen molar-refractivity contribution in [3.63, 3.8) is 0 Å². The van der Waals surface area contributed by atoms with Crippen LogP contribution in [0.3, 0.4) is 0 Å². The first-order valence-electron chi connectivity index (χ1n) is 24.4. The fourth-order valence-electron chi connectivity index (χ4n) is 12.0. The summed E-state index contributed by atoms with van der Waals surface area (Å²) >= 11 is 0. The number of nitrogens with zero attached hydrogens (tertiary/aromatic N) is 4. The standard InChI is InChI=1S/2C25H35N3O4/c2*1-2-3-18-6-7-20-23-22(24(30)26-12-16-4-5-16)19(15-29)21(14-28(20)25(18)31)27(23)13-17-8-10-32-11-9-17/h2*2-3,6-7,16-17,19,21-23,29H,4-5,8-15H2,1H3,(H,26,30)/b3-2+;3-2-/t2*19-,21-,22+,23+/m00/s1. The number of amides is 2. The van der Waals surface area contributed by atoms with E-state index in [2.05, 4.69) is 20.4 Å². The largest absolute Gasteiger partial charge is 0.396 e. The fraction of sp³-hybridized carbons (Fsp3) is 0.680. The number of aliphatic hydroxyl groups is 2. The van der Waals surface area contributed by atoms with Gasteiger partial charge in [-0.2, -0.15) is 0 Å². The van der Waals surface area contributed by atoms with E-state index in [1.54, 1.807) is 0 Å². The quantitative estimate of drug-likeness (QED) is 0.220. The Hall–Kier alpha value is -3.92. The SMILES string of the molecule is C/C=C/c1ccc2n(c1=O)C[C@H]1[C@H](CO)[C@@H](C(=O)NCC3CC3)[C@@H]2N1CC1CCOCC1.C/C=C\c1ccc2n(c1=O)C[C@H]1[C@H](CO)[C@@H](C(=O)NCC3CC3)[C@@H]2N1CC1CCOCC1. The molecular weight excluding hydrogens is 813 g/mol. The summed E-state index contributed by atoms with van der Waals surface area (Å²) in [5, 5.41) is 27.2. The molecule has 8 atom stereocenters. The summed E-state index contributed by atoms with van der Waals surface area (Å²) in [4.78, 5) is 58.2. The molecule has 6 aliphatic heterocycles. The van der Waals surface area contributed by atoms with Gasteiger partial charge in [0.05, 0.1) is 23.9 Å². The van der Waals surface area contributed by atoms with Crippen LogP contribution in [0.2, 0.25) is 0 Å². The number of pyridine rings is 2. The molecule has 2 aromatic rings. The molecule has 14 heteroatoms. The van der Waals surface area contributed by atoms with Gasteiger partial charge >= 0.3 is 0 Å². The van der Waals surface area contributed by atoms with Gasteiger partial charge in [-0.05, 0) is 113 Å². The highest BCUT2D eigenvalue weighted by molar-refractivity contribution is 5.81. The zero-order valence-electron chi connectivity index (χ0n) is 37.8. The number of aliphatic hydroxyl groups excluding tert-OH is 2. The zero-order valence-corrected chi connectivity index (χ0v) is 37.8. The summed E-state index contributed by atoms with van der Waals surface area (Å²) in [6.07, 6.45) is 16.2. The van der Waals surface area contributed by atoms with E-state index in [9.17, 15) is 29.4 Å². The average molecular weight is 883 g/mol. The number of fused-ring (bicyclic) bond motifs is 8. The van der Waals surface area contributed by atoms with Crippen LogP contribution < -0.4 is 21.8 Å². The topological polar surface area (TPSA) is 168 Å². The van der Waals surface area contributed by atoms with Crippen LogP contribution in [0, 0.1) is 47.3 Å². The molecule has 64 heavy (non-hydrogen) atoms. The predicted molar refractivity (Wildman–Crippen MR) is 244 cm³/mol. The predicted octanol–water partition coefficient (Wildman–Crippen LogP) is 3.60. The van der Waals surface area contributed by atoms with Crippen molar-refractivity contribution >= 4 is 24.0 Å². The first-order valence-corrected chi connectivity index (χ1v) is 24.4. The molecule has 4 N–H and O–H groups in total. The molecule has 2 aromatic heterocycles. The average Bonchev–Trinajstić information content (AvgIpc) is 4.26. The van der Waals surface area contributed by atoms with Crippen molar-refractivity contribution in [3.8, 4) is 0 Å². The van der Waals surface area contributed by atoms with Crippen molar-refractivity contribution in [3.05, 3.63) is 79.6 Å². The zero-order chi connectivity index (χ0) is 44.5. The van der Waals surface area contributed by atoms with Gasteiger partial charge in [0.15, 0.2) is 0 Å². The number of rotatable bonds is 14. The minimum atomic E-state index is -0.343. The molecule has 348 valence electrons. The Kier molecular flexibility index (Phi) is 14.1. The lowest BCUT2D eigenvalue weighted by molar-refractivity contribution is -0.128. The Morgan fingerprint density at radius 1 is 0.609 bits per heavy atom. The molecular formula is C50H70N6O8. The van der Waals surface area contributed by atoms with E-state index in [1.807, 2.05) is 71.6 Å². The number of carbonyl (C=O) groups is 2. The third kappa shape index (κ3) is 9.12. The van der Waals surface area contributed by atoms with E-state index in [0.717, 1.165) is 89.7 Å². The van der Waals surface area contributed by atoms with Crippen LogP contribution >= 0.6 is 0 Å². The summed E-state index contributed by atoms with van der Waals surface area (Å²) in [5.41, 5.74) is 3.16. The Morgan fingerprint density at radius 3 is 1.34 bits per heavy atom. The summed E-state index contributed by atoms with van der Waals surface area (Å²) in [5.74, 6) is 1.25. The van der Waals surface area contributed by atoms with Crippen LogP contribution in [0.5, 0.6) is 0 Å². The van der Waals surface area contributed by atoms with Crippen LogP contribution in [0.15, 0.2) is 46.0 Å². The van der Waals surface area contributed by atoms with Crippen molar-refractivity contribution in [1.82, 2.24) is 29.6 Å². The molecule has 0 unspecified atom stereocenters. The molecule has 8 aliphatic rings. The maximum Gasteiger partial charge on any atom is 0.258 e. The summed E-state index contributed by atoms with van der Waals surface area (Å²) in [6, 6.07) is 7.41. The van der Waals surface area contributed by atoms with Crippen LogP contribution in [-0.2, 0) is 32.2 Å². The van der Waals surface area contributed by atoms with Crippen LogP contribution in [0.4, 0.5) is 0 Å². The monoisotopic (exact) mass is 883 g/mol. The van der Waals surface area contributed by atoms with Crippen LogP contribution in [0.1, 0.15) is 99.8 Å². The van der Waals surface area contributed by atoms with Crippen molar-refractivity contribution in [2.75, 3.05) is 65.8 Å². The second kappa shape index (κ2) is 19.9. The van der Waals surface area contributed by atoms with E-state index in [-0.39, 0.29) is 84.0 Å². The van der Waals surface area contributed by atoms with Crippen molar-refractivity contribution in [2.24, 2.45) is 47.3 Å². The molecule has 0 aromatic carbocycles. The lowest BCUT2D eigenvalue weighted by Crippen LogP contribution is -2.48. The maximum absolute atomic E-state index is 13.4. The molecule has 4 bridgehead atoms. The highest BCUT2D eigenvalue weighted by atomic mass is 16.5. The number of aromatic nitrogens is 2. The second-order valence-corrected chi connectivity index (χ2v) is 19.9. The van der Waals surface area contributed by atoms with Gasteiger partial charge in [0.1, 0.15) is 0 Å². The highest BCUT2D eigenvalue weighted by Gasteiger charge is 2.57. The summed E-state index contributed by atoms with van der Waals surface area (Å²) in [7, 11) is 0. The lowest BCUT2D eigenvalue weighted by atomic mass is 9.86. The van der Waals surface area contributed by atoms with Gasteiger partial charge in [0, 0.05) is 125 Å². The second-order valence-electron chi connectivity index (χ2n) is 19.9. The van der Waals surface area contributed by atoms with E-state index in [4.69, 9.17) is 9.47 Å². The lowest BCUT2D eigenvalue weighted by Gasteiger charge is -2.40. The van der Waals surface area contributed by atoms with Gasteiger partial charge in [0.2, 0.25) is 11.8 Å².